The number of para-hydroxylation sites is 1. The van der Waals surface area contributed by atoms with Crippen molar-refractivity contribution in [2.24, 2.45) is 11.1 Å². The number of aliphatic carboxylic acids is 1. The highest BCUT2D eigenvalue weighted by atomic mass is 16.4. The largest absolute Gasteiger partial charge is 0.481 e. The highest BCUT2D eigenvalue weighted by Gasteiger charge is 2.25. The minimum Gasteiger partial charge on any atom is -0.481 e. The Bertz CT molecular complexity index is 605. The minimum atomic E-state index is -0.799. The average molecular weight is 287 g/mol. The van der Waals surface area contributed by atoms with Gasteiger partial charge in [0.25, 0.3) is 0 Å². The quantitative estimate of drug-likeness (QED) is 0.856. The summed E-state index contributed by atoms with van der Waals surface area (Å²) < 4.78 is 1.78. The van der Waals surface area contributed by atoms with Crippen molar-refractivity contribution in [1.29, 1.82) is 0 Å². The molecule has 0 amide bonds. The number of hydrogen-bond donors (Lipinski definition) is 2. The van der Waals surface area contributed by atoms with Gasteiger partial charge in [0.05, 0.1) is 18.3 Å². The van der Waals surface area contributed by atoms with Crippen LogP contribution in [0.2, 0.25) is 0 Å². The topological polar surface area (TPSA) is 81.1 Å². The molecule has 0 spiro atoms. The van der Waals surface area contributed by atoms with Crippen LogP contribution in [0.15, 0.2) is 42.7 Å². The van der Waals surface area contributed by atoms with E-state index in [1.807, 2.05) is 50.4 Å². The molecule has 2 aromatic rings. The van der Waals surface area contributed by atoms with Crippen LogP contribution in [0.3, 0.4) is 0 Å². The maximum Gasteiger partial charge on any atom is 0.303 e. The Morgan fingerprint density at radius 2 is 2.05 bits per heavy atom. The molecule has 5 heteroatoms. The fraction of sp³-hybridized carbons (Fsp3) is 0.375. The first-order valence-corrected chi connectivity index (χ1v) is 6.95. The number of carboxylic acids is 1. The predicted molar refractivity (Wildman–Crippen MR) is 81.1 cm³/mol. The van der Waals surface area contributed by atoms with Crippen molar-refractivity contribution in [1.82, 2.24) is 9.78 Å². The molecular weight excluding hydrogens is 266 g/mol. The molecule has 0 aliphatic heterocycles. The van der Waals surface area contributed by atoms with Crippen molar-refractivity contribution < 1.29 is 9.90 Å². The Morgan fingerprint density at radius 3 is 2.67 bits per heavy atom. The zero-order valence-corrected chi connectivity index (χ0v) is 12.4. The minimum absolute atomic E-state index is 0.105. The van der Waals surface area contributed by atoms with Gasteiger partial charge in [-0.3, -0.25) is 4.79 Å². The third kappa shape index (κ3) is 4.16. The van der Waals surface area contributed by atoms with E-state index in [4.69, 9.17) is 10.8 Å². The summed E-state index contributed by atoms with van der Waals surface area (Å²) in [6.45, 7) is 3.84. The molecular formula is C16H21N3O2. The van der Waals surface area contributed by atoms with Gasteiger partial charge < -0.3 is 10.8 Å². The van der Waals surface area contributed by atoms with Crippen molar-refractivity contribution in [3.8, 4) is 5.69 Å². The van der Waals surface area contributed by atoms with Gasteiger partial charge in [0.2, 0.25) is 0 Å². The molecule has 1 aromatic heterocycles. The molecule has 0 aliphatic rings. The van der Waals surface area contributed by atoms with Crippen molar-refractivity contribution >= 4 is 5.97 Å². The number of benzene rings is 1. The molecule has 3 N–H and O–H groups in total. The SMILES string of the molecule is CC(C)(CC(=O)O)CC(N)c1cnn(-c2ccccc2)c1. The zero-order chi connectivity index (χ0) is 15.5. The molecule has 2 rings (SSSR count). The second kappa shape index (κ2) is 6.10. The summed E-state index contributed by atoms with van der Waals surface area (Å²) in [7, 11) is 0. The lowest BCUT2D eigenvalue weighted by molar-refractivity contribution is -0.139. The average Bonchev–Trinajstić information content (AvgIpc) is 2.87. The summed E-state index contributed by atoms with van der Waals surface area (Å²) in [5, 5.41) is 13.2. The number of hydrogen-bond acceptors (Lipinski definition) is 3. The van der Waals surface area contributed by atoms with Crippen LogP contribution in [0.4, 0.5) is 0 Å². The fourth-order valence-electron chi connectivity index (χ4n) is 2.44. The molecule has 0 fully saturated rings. The zero-order valence-electron chi connectivity index (χ0n) is 12.4. The number of nitrogens with two attached hydrogens (primary N) is 1. The monoisotopic (exact) mass is 287 g/mol. The van der Waals surface area contributed by atoms with Crippen LogP contribution in [0.25, 0.3) is 5.69 Å². The standard InChI is InChI=1S/C16H21N3O2/c1-16(2,9-15(20)21)8-14(17)12-10-18-19(11-12)13-6-4-3-5-7-13/h3-7,10-11,14H,8-9,17H2,1-2H3,(H,20,21). The molecule has 5 nitrogen and oxygen atoms in total. The molecule has 0 radical (unpaired) electrons. The first-order valence-electron chi connectivity index (χ1n) is 6.95. The first kappa shape index (κ1) is 15.3. The lowest BCUT2D eigenvalue weighted by Crippen LogP contribution is -2.23. The van der Waals surface area contributed by atoms with Crippen molar-refractivity contribution in [2.45, 2.75) is 32.7 Å². The van der Waals surface area contributed by atoms with Crippen LogP contribution in [-0.4, -0.2) is 20.9 Å². The van der Waals surface area contributed by atoms with Gasteiger partial charge in [-0.2, -0.15) is 5.10 Å². The van der Waals surface area contributed by atoms with Gasteiger partial charge >= 0.3 is 5.97 Å². The Balaban J connectivity index is 2.09. The number of carbonyl (C=O) groups is 1. The van der Waals surface area contributed by atoms with Crippen LogP contribution >= 0.6 is 0 Å². The highest BCUT2D eigenvalue weighted by Crippen LogP contribution is 2.31. The molecule has 21 heavy (non-hydrogen) atoms. The van der Waals surface area contributed by atoms with Crippen molar-refractivity contribution in [3.05, 3.63) is 48.3 Å². The predicted octanol–water partition coefficient (Wildman–Crippen LogP) is 2.76. The van der Waals surface area contributed by atoms with Crippen LogP contribution < -0.4 is 5.73 Å². The van der Waals surface area contributed by atoms with Crippen LogP contribution in [0.5, 0.6) is 0 Å². The second-order valence-electron chi connectivity index (χ2n) is 6.10. The van der Waals surface area contributed by atoms with Crippen LogP contribution in [0, 0.1) is 5.41 Å². The number of rotatable bonds is 6. The van der Waals surface area contributed by atoms with E-state index in [9.17, 15) is 4.79 Å². The van der Waals surface area contributed by atoms with E-state index in [2.05, 4.69) is 5.10 Å². The summed E-state index contributed by atoms with van der Waals surface area (Å²) in [5.74, 6) is -0.799. The molecule has 1 aromatic carbocycles. The van der Waals surface area contributed by atoms with E-state index in [1.165, 1.54) is 0 Å². The lowest BCUT2D eigenvalue weighted by Gasteiger charge is -2.25. The summed E-state index contributed by atoms with van der Waals surface area (Å²) in [6.07, 6.45) is 4.35. The third-order valence-electron chi connectivity index (χ3n) is 3.45. The van der Waals surface area contributed by atoms with Crippen molar-refractivity contribution in [2.75, 3.05) is 0 Å². The van der Waals surface area contributed by atoms with Crippen LogP contribution in [-0.2, 0) is 4.79 Å². The Kier molecular flexibility index (Phi) is 4.43. The summed E-state index contributed by atoms with van der Waals surface area (Å²) in [4.78, 5) is 10.9. The van der Waals surface area contributed by atoms with Gasteiger partial charge in [0, 0.05) is 17.8 Å². The van der Waals surface area contributed by atoms with Gasteiger partial charge in [0.1, 0.15) is 0 Å². The molecule has 0 saturated heterocycles. The van der Waals surface area contributed by atoms with Gasteiger partial charge in [0.15, 0.2) is 0 Å². The van der Waals surface area contributed by atoms with E-state index in [1.54, 1.807) is 10.9 Å². The molecule has 0 saturated carbocycles. The van der Waals surface area contributed by atoms with Gasteiger partial charge in [-0.1, -0.05) is 32.0 Å². The Hall–Kier alpha value is -2.14. The molecule has 1 heterocycles. The van der Waals surface area contributed by atoms with E-state index in [0.29, 0.717) is 6.42 Å². The fourth-order valence-corrected chi connectivity index (χ4v) is 2.44. The smallest absolute Gasteiger partial charge is 0.303 e. The lowest BCUT2D eigenvalue weighted by atomic mass is 9.81. The Labute approximate surface area is 124 Å². The van der Waals surface area contributed by atoms with E-state index >= 15 is 0 Å². The van der Waals surface area contributed by atoms with Gasteiger partial charge in [-0.05, 0) is 24.0 Å². The third-order valence-corrected chi connectivity index (χ3v) is 3.45. The van der Waals surface area contributed by atoms with Gasteiger partial charge in [-0.25, -0.2) is 4.68 Å². The second-order valence-corrected chi connectivity index (χ2v) is 6.10. The molecule has 1 unspecified atom stereocenters. The normalized spacial score (nSPS) is 13.1. The maximum atomic E-state index is 10.9. The molecule has 0 aliphatic carbocycles. The number of aromatic nitrogens is 2. The number of carboxylic acid groups (broad SMARTS) is 1. The summed E-state index contributed by atoms with van der Waals surface area (Å²) in [5.41, 5.74) is 7.74. The Morgan fingerprint density at radius 1 is 1.38 bits per heavy atom. The molecule has 1 atom stereocenters. The first-order chi connectivity index (χ1) is 9.87. The van der Waals surface area contributed by atoms with E-state index in [0.717, 1.165) is 11.3 Å². The van der Waals surface area contributed by atoms with Crippen LogP contribution in [0.1, 0.15) is 38.3 Å². The van der Waals surface area contributed by atoms with Gasteiger partial charge in [-0.15, -0.1) is 0 Å². The molecule has 0 bridgehead atoms. The molecule has 112 valence electrons. The van der Waals surface area contributed by atoms with E-state index in [-0.39, 0.29) is 17.9 Å². The highest BCUT2D eigenvalue weighted by molar-refractivity contribution is 5.67. The summed E-state index contributed by atoms with van der Waals surface area (Å²) in [6, 6.07) is 9.57. The maximum absolute atomic E-state index is 10.9. The summed E-state index contributed by atoms with van der Waals surface area (Å²) >= 11 is 0. The van der Waals surface area contributed by atoms with Crippen molar-refractivity contribution in [3.63, 3.8) is 0 Å². The van der Waals surface area contributed by atoms with E-state index < -0.39 is 5.97 Å². The number of nitrogens with zero attached hydrogens (tertiary/aromatic N) is 2.